The lowest BCUT2D eigenvalue weighted by Crippen LogP contribution is -2.35. The predicted molar refractivity (Wildman–Crippen MR) is 115 cm³/mol. The fourth-order valence-corrected chi connectivity index (χ4v) is 3.29. The highest BCUT2D eigenvalue weighted by molar-refractivity contribution is 5.87. The van der Waals surface area contributed by atoms with Crippen LogP contribution in [0.4, 0.5) is 24.7 Å². The van der Waals surface area contributed by atoms with Crippen molar-refractivity contribution in [3.8, 4) is 11.1 Å². The normalized spacial score (nSPS) is 12.1. The number of benzene rings is 3. The van der Waals surface area contributed by atoms with Crippen LogP contribution < -0.4 is 15.1 Å². The van der Waals surface area contributed by atoms with Crippen molar-refractivity contribution in [1.29, 1.82) is 0 Å². The molecule has 0 aliphatic carbocycles. The molecule has 4 aromatic rings. The summed E-state index contributed by atoms with van der Waals surface area (Å²) in [5.74, 6) is -0.0731. The Bertz CT molecular complexity index is 1280. The smallest absolute Gasteiger partial charge is 0.416 e. The molecule has 1 aromatic heterocycles. The number of rotatable bonds is 5. The molecule has 0 radical (unpaired) electrons. The van der Waals surface area contributed by atoms with E-state index in [4.69, 9.17) is 4.52 Å². The summed E-state index contributed by atoms with van der Waals surface area (Å²) in [4.78, 5) is 3.69. The van der Waals surface area contributed by atoms with E-state index in [2.05, 4.69) is 34.6 Å². The van der Waals surface area contributed by atoms with Crippen LogP contribution >= 0.6 is 0 Å². The second-order valence-corrected chi connectivity index (χ2v) is 7.37. The second-order valence-electron chi connectivity index (χ2n) is 7.37. The van der Waals surface area contributed by atoms with Crippen LogP contribution in [-0.4, -0.2) is 11.3 Å². The second kappa shape index (κ2) is 9.15. The maximum absolute atomic E-state index is 12.8. The van der Waals surface area contributed by atoms with E-state index in [-0.39, 0.29) is 11.6 Å². The Balaban J connectivity index is 1.42. The number of aromatic nitrogens is 2. The molecule has 0 saturated carbocycles. The van der Waals surface area contributed by atoms with Crippen LogP contribution in [0.1, 0.15) is 16.7 Å². The Hall–Kier alpha value is -4.14. The Labute approximate surface area is 187 Å². The van der Waals surface area contributed by atoms with E-state index in [0.717, 1.165) is 28.8 Å². The van der Waals surface area contributed by atoms with Crippen LogP contribution in [0.25, 0.3) is 11.1 Å². The van der Waals surface area contributed by atoms with Crippen molar-refractivity contribution in [2.75, 3.05) is 5.32 Å². The van der Waals surface area contributed by atoms with Crippen molar-refractivity contribution in [2.24, 2.45) is 4.99 Å². The molecule has 0 aliphatic heterocycles. The van der Waals surface area contributed by atoms with Crippen molar-refractivity contribution in [2.45, 2.75) is 19.6 Å². The Morgan fingerprint density at radius 2 is 1.82 bits per heavy atom. The molecule has 0 spiro atoms. The summed E-state index contributed by atoms with van der Waals surface area (Å²) in [7, 11) is 0. The number of halogens is 3. The molecule has 0 atom stereocenters. The molecule has 1 N–H and O–H groups in total. The molecule has 168 valence electrons. The van der Waals surface area contributed by atoms with Crippen LogP contribution in [0.3, 0.4) is 0 Å². The summed E-state index contributed by atoms with van der Waals surface area (Å²) in [5.41, 5.74) is 3.51. The number of alkyl halides is 3. The number of nitrogens with zero attached hydrogens (tertiary/aromatic N) is 3. The fraction of sp³-hybridized carbons (Fsp3) is 0.125. The monoisotopic (exact) mass is 452 g/mol. The number of hydrogen-bond donors (Lipinski definition) is 1. The van der Waals surface area contributed by atoms with Crippen LogP contribution in [0.2, 0.25) is 0 Å². The Morgan fingerprint density at radius 1 is 1.06 bits per heavy atom. The van der Waals surface area contributed by atoms with Gasteiger partial charge in [0, 0.05) is 11.3 Å². The molecule has 0 bridgehead atoms. The summed E-state index contributed by atoms with van der Waals surface area (Å²) in [6.45, 7) is 2.45. The third-order valence-corrected chi connectivity index (χ3v) is 4.91. The zero-order chi connectivity index (χ0) is 23.4. The van der Waals surface area contributed by atoms with Crippen LogP contribution in [-0.2, 0) is 12.7 Å². The van der Waals surface area contributed by atoms with E-state index in [1.165, 1.54) is 28.6 Å². The number of anilines is 1. The molecule has 6 nitrogen and oxygen atoms in total. The zero-order valence-electron chi connectivity index (χ0n) is 17.5. The third-order valence-electron chi connectivity index (χ3n) is 4.91. The van der Waals surface area contributed by atoms with Gasteiger partial charge in [-0.2, -0.15) is 13.2 Å². The van der Waals surface area contributed by atoms with Gasteiger partial charge in [0.25, 0.3) is 6.20 Å². The summed E-state index contributed by atoms with van der Waals surface area (Å²) < 4.78 is 44.9. The molecule has 9 heteroatoms. The molecule has 33 heavy (non-hydrogen) atoms. The first-order chi connectivity index (χ1) is 15.8. The van der Waals surface area contributed by atoms with Gasteiger partial charge in [0.05, 0.1) is 11.6 Å². The first-order valence-electron chi connectivity index (χ1n) is 9.99. The van der Waals surface area contributed by atoms with Gasteiger partial charge in [0.1, 0.15) is 0 Å². The predicted octanol–water partition coefficient (Wildman–Crippen LogP) is 4.46. The molecule has 0 unspecified atom stereocenters. The van der Waals surface area contributed by atoms with E-state index in [9.17, 15) is 18.3 Å². The molecule has 1 heterocycles. The van der Waals surface area contributed by atoms with Crippen molar-refractivity contribution >= 4 is 17.6 Å². The highest BCUT2D eigenvalue weighted by atomic mass is 19.4. The van der Waals surface area contributed by atoms with Gasteiger partial charge in [-0.3, -0.25) is 4.52 Å². The van der Waals surface area contributed by atoms with Gasteiger partial charge in [-0.25, -0.2) is 4.99 Å². The molecule has 0 aliphatic rings. The van der Waals surface area contributed by atoms with Gasteiger partial charge in [0.15, 0.2) is 0 Å². The average Bonchev–Trinajstić information content (AvgIpc) is 3.21. The molecule has 0 fully saturated rings. The minimum Gasteiger partial charge on any atom is -0.846 e. The van der Waals surface area contributed by atoms with Crippen LogP contribution in [0, 0.1) is 6.92 Å². The van der Waals surface area contributed by atoms with Gasteiger partial charge in [0.2, 0.25) is 11.8 Å². The third kappa shape index (κ3) is 5.57. The lowest BCUT2D eigenvalue weighted by Gasteiger charge is -2.14. The van der Waals surface area contributed by atoms with E-state index in [1.54, 1.807) is 0 Å². The van der Waals surface area contributed by atoms with Crippen molar-refractivity contribution in [1.82, 2.24) is 5.27 Å². The summed E-state index contributed by atoms with van der Waals surface area (Å²) in [6.07, 6.45) is -3.08. The number of aryl methyl sites for hydroxylation is 1. The number of amidine groups is 1. The molecular formula is C24H19F3N4O2. The maximum atomic E-state index is 12.8. The highest BCUT2D eigenvalue weighted by Gasteiger charge is 2.30. The average molecular weight is 452 g/mol. The van der Waals surface area contributed by atoms with E-state index >= 15 is 0 Å². The van der Waals surface area contributed by atoms with Gasteiger partial charge < -0.3 is 10.4 Å². The van der Waals surface area contributed by atoms with Crippen molar-refractivity contribution < 1.29 is 27.5 Å². The Kier molecular flexibility index (Phi) is 6.12. The largest absolute Gasteiger partial charge is 0.846 e. The standard InChI is InChI=1S/C24H19F3N4O2/c1-16-5-2-3-8-21(16)18-11-9-17(10-12-18)14-31-15-22(33-30-31)29-23(32)28-20-7-4-6-19(13-20)24(25,26)27/h2-13,15H,14H2,1H3,(H-,28,29,30,32). The summed E-state index contributed by atoms with van der Waals surface area (Å²) in [6, 6.07) is 19.5. The van der Waals surface area contributed by atoms with E-state index in [0.29, 0.717) is 6.54 Å². The quantitative estimate of drug-likeness (QED) is 0.276. The fourth-order valence-electron chi connectivity index (χ4n) is 3.29. The molecule has 0 saturated heterocycles. The number of aliphatic imine (C=N–C) groups is 1. The highest BCUT2D eigenvalue weighted by Crippen LogP contribution is 2.30. The van der Waals surface area contributed by atoms with Crippen LogP contribution in [0.5, 0.6) is 0 Å². The molecule has 3 aromatic carbocycles. The Morgan fingerprint density at radius 3 is 2.55 bits per heavy atom. The van der Waals surface area contributed by atoms with Crippen molar-refractivity contribution in [3.63, 3.8) is 0 Å². The number of nitrogens with one attached hydrogen (secondary N) is 1. The molecular weight excluding hydrogens is 433 g/mol. The number of hydrogen-bond acceptors (Lipinski definition) is 4. The minimum atomic E-state index is -4.51. The lowest BCUT2D eigenvalue weighted by molar-refractivity contribution is -0.754. The first kappa shape index (κ1) is 22.1. The minimum absolute atomic E-state index is 0.0280. The van der Waals surface area contributed by atoms with Crippen LogP contribution in [0.15, 0.2) is 88.5 Å². The molecule has 4 rings (SSSR count). The summed E-state index contributed by atoms with van der Waals surface area (Å²) in [5, 5.41) is 18.2. The van der Waals surface area contributed by atoms with Gasteiger partial charge in [-0.05, 0) is 46.5 Å². The molecule has 0 amide bonds. The van der Waals surface area contributed by atoms with E-state index < -0.39 is 17.8 Å². The van der Waals surface area contributed by atoms with Crippen molar-refractivity contribution in [3.05, 3.63) is 95.7 Å². The zero-order valence-corrected chi connectivity index (χ0v) is 17.5. The van der Waals surface area contributed by atoms with Gasteiger partial charge in [-0.1, -0.05) is 54.6 Å². The first-order valence-corrected chi connectivity index (χ1v) is 9.99. The van der Waals surface area contributed by atoms with E-state index in [1.807, 2.05) is 36.4 Å². The van der Waals surface area contributed by atoms with Gasteiger partial charge in [-0.15, -0.1) is 0 Å². The van der Waals surface area contributed by atoms with Gasteiger partial charge >= 0.3 is 12.1 Å². The lowest BCUT2D eigenvalue weighted by atomic mass is 10.00. The summed E-state index contributed by atoms with van der Waals surface area (Å²) >= 11 is 0. The SMILES string of the molecule is Cc1ccccc1-c1ccc(C[n+]2cc(/N=C(\[O-])Nc3cccc(C(F)(F)F)c3)on2)cc1. The topological polar surface area (TPSA) is 77.4 Å². The maximum Gasteiger partial charge on any atom is 0.416 e.